The van der Waals surface area contributed by atoms with Gasteiger partial charge in [0.05, 0.1) is 13.2 Å². The highest BCUT2D eigenvalue weighted by Gasteiger charge is 2.33. The van der Waals surface area contributed by atoms with Crippen LogP contribution in [0.25, 0.3) is 0 Å². The average Bonchev–Trinajstić information content (AvgIpc) is 3.06. The molecule has 1 atom stereocenters. The largest absolute Gasteiger partial charge is 0.497 e. The highest BCUT2D eigenvalue weighted by atomic mass is 16.5. The van der Waals surface area contributed by atoms with E-state index in [0.29, 0.717) is 37.5 Å². The molecular weight excluding hydrogens is 306 g/mol. The van der Waals surface area contributed by atoms with Crippen LogP contribution in [0.2, 0.25) is 0 Å². The van der Waals surface area contributed by atoms with E-state index in [1.165, 1.54) is 0 Å². The van der Waals surface area contributed by atoms with Crippen molar-refractivity contribution in [1.29, 1.82) is 0 Å². The van der Waals surface area contributed by atoms with Gasteiger partial charge in [0.2, 0.25) is 5.91 Å². The van der Waals surface area contributed by atoms with Crippen molar-refractivity contribution in [2.24, 2.45) is 0 Å². The van der Waals surface area contributed by atoms with E-state index in [-0.39, 0.29) is 17.9 Å². The van der Waals surface area contributed by atoms with Crippen molar-refractivity contribution in [3.05, 3.63) is 29.8 Å². The van der Waals surface area contributed by atoms with Gasteiger partial charge in [-0.15, -0.1) is 0 Å². The molecule has 2 saturated heterocycles. The van der Waals surface area contributed by atoms with Crippen LogP contribution in [0, 0.1) is 0 Å². The minimum Gasteiger partial charge on any atom is -0.497 e. The van der Waals surface area contributed by atoms with Crippen LogP contribution in [-0.2, 0) is 4.79 Å². The van der Waals surface area contributed by atoms with Crippen molar-refractivity contribution >= 4 is 11.8 Å². The summed E-state index contributed by atoms with van der Waals surface area (Å²) in [5.41, 5.74) is 0.629. The smallest absolute Gasteiger partial charge is 0.254 e. The Balaban J connectivity index is 1.58. The number of likely N-dealkylation sites (tertiary alicyclic amines) is 1. The van der Waals surface area contributed by atoms with Gasteiger partial charge in [-0.2, -0.15) is 0 Å². The number of hydrogen-bond acceptors (Lipinski definition) is 4. The molecule has 6 heteroatoms. The van der Waals surface area contributed by atoms with Crippen LogP contribution in [0.4, 0.5) is 0 Å². The van der Waals surface area contributed by atoms with E-state index in [1.807, 2.05) is 29.0 Å². The van der Waals surface area contributed by atoms with Crippen LogP contribution >= 0.6 is 0 Å². The van der Waals surface area contributed by atoms with Gasteiger partial charge in [0, 0.05) is 31.7 Å². The predicted octanol–water partition coefficient (Wildman–Crippen LogP) is 1.07. The maximum Gasteiger partial charge on any atom is 0.254 e. The molecule has 2 aliphatic rings. The second-order valence-corrected chi connectivity index (χ2v) is 6.49. The Hall–Kier alpha value is -2.08. The number of benzene rings is 1. The number of carbonyl (C=O) groups excluding carboxylic acids is 2. The first-order valence-electron chi connectivity index (χ1n) is 8.52. The first kappa shape index (κ1) is 16.8. The molecule has 6 nitrogen and oxygen atoms in total. The molecule has 0 bridgehead atoms. The van der Waals surface area contributed by atoms with Crippen molar-refractivity contribution in [2.45, 2.75) is 18.9 Å². The maximum atomic E-state index is 12.6. The van der Waals surface area contributed by atoms with Crippen molar-refractivity contribution < 1.29 is 14.3 Å². The molecule has 24 heavy (non-hydrogen) atoms. The Morgan fingerprint density at radius 2 is 1.79 bits per heavy atom. The minimum absolute atomic E-state index is 0.000941. The molecule has 0 radical (unpaired) electrons. The molecule has 0 saturated carbocycles. The van der Waals surface area contributed by atoms with Crippen molar-refractivity contribution in [1.82, 2.24) is 14.7 Å². The molecule has 1 aromatic rings. The van der Waals surface area contributed by atoms with E-state index in [4.69, 9.17) is 4.74 Å². The zero-order valence-electron chi connectivity index (χ0n) is 14.4. The first-order chi connectivity index (χ1) is 11.6. The number of ether oxygens (including phenoxy) is 1. The molecule has 0 aromatic heterocycles. The fraction of sp³-hybridized carbons (Fsp3) is 0.556. The summed E-state index contributed by atoms with van der Waals surface area (Å²) >= 11 is 0. The highest BCUT2D eigenvalue weighted by molar-refractivity contribution is 5.94. The van der Waals surface area contributed by atoms with Crippen molar-refractivity contribution in [3.63, 3.8) is 0 Å². The van der Waals surface area contributed by atoms with Crippen LogP contribution in [0.5, 0.6) is 5.75 Å². The molecule has 2 heterocycles. The Kier molecular flexibility index (Phi) is 5.04. The van der Waals surface area contributed by atoms with E-state index in [0.717, 1.165) is 19.4 Å². The van der Waals surface area contributed by atoms with E-state index in [1.54, 1.807) is 19.2 Å². The summed E-state index contributed by atoms with van der Waals surface area (Å²) < 4.78 is 5.18. The number of rotatable bonds is 3. The molecule has 1 aromatic carbocycles. The zero-order valence-corrected chi connectivity index (χ0v) is 14.4. The quantitative estimate of drug-likeness (QED) is 0.831. The molecule has 2 amide bonds. The molecule has 3 rings (SSSR count). The third-order valence-electron chi connectivity index (χ3n) is 5.00. The summed E-state index contributed by atoms with van der Waals surface area (Å²) in [6, 6.07) is 7.22. The fourth-order valence-corrected chi connectivity index (χ4v) is 3.50. The Bertz CT molecular complexity index is 611. The van der Waals surface area contributed by atoms with E-state index in [9.17, 15) is 9.59 Å². The number of piperazine rings is 1. The standard InChI is InChI=1S/C18H25N3O3/c1-19-8-4-7-16(19)18(23)21-11-9-20(10-12-21)17(22)14-5-3-6-15(13-14)24-2/h3,5-6,13,16H,4,7-12H2,1-2H3/t16-/m0/s1. The molecular formula is C18H25N3O3. The third kappa shape index (κ3) is 3.38. The van der Waals surface area contributed by atoms with Gasteiger partial charge >= 0.3 is 0 Å². The van der Waals surface area contributed by atoms with Crippen LogP contribution in [-0.4, -0.2) is 79.4 Å². The molecule has 2 fully saturated rings. The minimum atomic E-state index is -0.000941. The lowest BCUT2D eigenvalue weighted by Gasteiger charge is -2.37. The zero-order chi connectivity index (χ0) is 17.1. The molecule has 0 N–H and O–H groups in total. The van der Waals surface area contributed by atoms with Gasteiger partial charge in [-0.05, 0) is 44.6 Å². The van der Waals surface area contributed by atoms with Crippen LogP contribution < -0.4 is 4.74 Å². The van der Waals surface area contributed by atoms with Gasteiger partial charge in [-0.1, -0.05) is 6.07 Å². The first-order valence-corrected chi connectivity index (χ1v) is 8.52. The predicted molar refractivity (Wildman–Crippen MR) is 91.1 cm³/mol. The Labute approximate surface area is 143 Å². The van der Waals surface area contributed by atoms with E-state index >= 15 is 0 Å². The lowest BCUT2D eigenvalue weighted by atomic mass is 10.1. The number of nitrogens with zero attached hydrogens (tertiary/aromatic N) is 3. The molecule has 0 spiro atoms. The highest BCUT2D eigenvalue weighted by Crippen LogP contribution is 2.19. The van der Waals surface area contributed by atoms with Crippen LogP contribution in [0.15, 0.2) is 24.3 Å². The number of hydrogen-bond donors (Lipinski definition) is 0. The summed E-state index contributed by atoms with van der Waals surface area (Å²) in [6.45, 7) is 3.37. The van der Waals surface area contributed by atoms with Gasteiger partial charge in [0.1, 0.15) is 5.75 Å². The topological polar surface area (TPSA) is 53.1 Å². The summed E-state index contributed by atoms with van der Waals surface area (Å²) in [4.78, 5) is 31.1. The number of carbonyl (C=O) groups is 2. The Morgan fingerprint density at radius 3 is 2.42 bits per heavy atom. The van der Waals surface area contributed by atoms with Gasteiger partial charge in [-0.3, -0.25) is 14.5 Å². The van der Waals surface area contributed by atoms with Crippen molar-refractivity contribution in [3.8, 4) is 5.75 Å². The van der Waals surface area contributed by atoms with Crippen molar-refractivity contribution in [2.75, 3.05) is 46.9 Å². The average molecular weight is 331 g/mol. The second kappa shape index (κ2) is 7.21. The summed E-state index contributed by atoms with van der Waals surface area (Å²) in [5, 5.41) is 0. The van der Waals surface area contributed by atoms with Crippen LogP contribution in [0.3, 0.4) is 0 Å². The summed E-state index contributed by atoms with van der Waals surface area (Å²) in [7, 11) is 3.60. The second-order valence-electron chi connectivity index (χ2n) is 6.49. The molecule has 0 unspecified atom stereocenters. The lowest BCUT2D eigenvalue weighted by molar-refractivity contribution is -0.137. The van der Waals surface area contributed by atoms with Crippen LogP contribution in [0.1, 0.15) is 23.2 Å². The van der Waals surface area contributed by atoms with E-state index in [2.05, 4.69) is 4.90 Å². The molecule has 0 aliphatic carbocycles. The monoisotopic (exact) mass is 331 g/mol. The van der Waals surface area contributed by atoms with E-state index < -0.39 is 0 Å². The maximum absolute atomic E-state index is 12.6. The normalized spacial score (nSPS) is 21.8. The lowest BCUT2D eigenvalue weighted by Crippen LogP contribution is -2.54. The van der Waals surface area contributed by atoms with Gasteiger partial charge in [-0.25, -0.2) is 0 Å². The summed E-state index contributed by atoms with van der Waals surface area (Å²) in [5.74, 6) is 0.890. The van der Waals surface area contributed by atoms with Gasteiger partial charge < -0.3 is 14.5 Å². The molecule has 2 aliphatic heterocycles. The van der Waals surface area contributed by atoms with Gasteiger partial charge in [0.15, 0.2) is 0 Å². The number of amides is 2. The number of likely N-dealkylation sites (N-methyl/N-ethyl adjacent to an activating group) is 1. The van der Waals surface area contributed by atoms with Gasteiger partial charge in [0.25, 0.3) is 5.91 Å². The molecule has 130 valence electrons. The number of methoxy groups -OCH3 is 1. The Morgan fingerprint density at radius 1 is 1.08 bits per heavy atom. The SMILES string of the molecule is COc1cccc(C(=O)N2CCN(C(=O)[C@@H]3CCCN3C)CC2)c1. The summed E-state index contributed by atoms with van der Waals surface area (Å²) in [6.07, 6.45) is 2.03. The fourth-order valence-electron chi connectivity index (χ4n) is 3.50. The third-order valence-corrected chi connectivity index (χ3v) is 5.00.